The van der Waals surface area contributed by atoms with Gasteiger partial charge < -0.3 is 10.8 Å². The zero-order valence-electron chi connectivity index (χ0n) is 11.4. The van der Waals surface area contributed by atoms with Crippen molar-refractivity contribution in [2.24, 2.45) is 5.73 Å². The van der Waals surface area contributed by atoms with Crippen LogP contribution in [0.3, 0.4) is 0 Å². The molecule has 0 aromatic heterocycles. The van der Waals surface area contributed by atoms with Crippen LogP contribution >= 0.6 is 0 Å². The second-order valence-corrected chi connectivity index (χ2v) is 6.92. The average Bonchev–Trinajstić information content (AvgIpc) is 2.34. The molecular formula is C14H23NO3S. The summed E-state index contributed by atoms with van der Waals surface area (Å²) in [6, 6.07) is 6.71. The van der Waals surface area contributed by atoms with Crippen molar-refractivity contribution >= 4 is 9.84 Å². The normalized spacial score (nSPS) is 13.4. The van der Waals surface area contributed by atoms with Crippen LogP contribution < -0.4 is 5.73 Å². The largest absolute Gasteiger partial charge is 0.392 e. The molecule has 0 saturated carbocycles. The maximum atomic E-state index is 12.1. The van der Waals surface area contributed by atoms with E-state index in [-0.39, 0.29) is 10.6 Å². The van der Waals surface area contributed by atoms with Crippen LogP contribution in [0.1, 0.15) is 31.2 Å². The molecule has 1 aromatic rings. The highest BCUT2D eigenvalue weighted by molar-refractivity contribution is 7.91. The van der Waals surface area contributed by atoms with E-state index in [0.717, 1.165) is 24.8 Å². The number of aliphatic hydroxyl groups is 1. The fraction of sp³-hybridized carbons (Fsp3) is 0.571. The molecule has 1 atom stereocenters. The Balaban J connectivity index is 2.52. The van der Waals surface area contributed by atoms with Crippen LogP contribution in [-0.4, -0.2) is 31.9 Å². The van der Waals surface area contributed by atoms with Crippen LogP contribution in [0.4, 0.5) is 0 Å². The molecule has 1 aromatic carbocycles. The highest BCUT2D eigenvalue weighted by Crippen LogP contribution is 2.15. The summed E-state index contributed by atoms with van der Waals surface area (Å²) in [7, 11) is -3.39. The maximum Gasteiger partial charge on any atom is 0.180 e. The Kier molecular flexibility index (Phi) is 6.48. The number of aryl methyl sites for hydroxylation is 1. The van der Waals surface area contributed by atoms with Gasteiger partial charge in [-0.25, -0.2) is 8.42 Å². The Labute approximate surface area is 115 Å². The van der Waals surface area contributed by atoms with E-state index in [1.54, 1.807) is 24.3 Å². The molecule has 0 radical (unpaired) electrons. The molecule has 0 fully saturated rings. The minimum atomic E-state index is -3.39. The Morgan fingerprint density at radius 1 is 1.16 bits per heavy atom. The highest BCUT2D eigenvalue weighted by atomic mass is 32.2. The lowest BCUT2D eigenvalue weighted by Crippen LogP contribution is -2.21. The summed E-state index contributed by atoms with van der Waals surface area (Å²) in [5.74, 6) is -0.210. The molecule has 5 heteroatoms. The number of aliphatic hydroxyl groups excluding tert-OH is 1. The Morgan fingerprint density at radius 3 is 2.37 bits per heavy atom. The van der Waals surface area contributed by atoms with Gasteiger partial charge >= 0.3 is 0 Å². The molecule has 0 heterocycles. The summed E-state index contributed by atoms with van der Waals surface area (Å²) in [5.41, 5.74) is 6.39. The molecular weight excluding hydrogens is 262 g/mol. The first-order valence-corrected chi connectivity index (χ1v) is 8.28. The van der Waals surface area contributed by atoms with Crippen molar-refractivity contribution in [2.75, 3.05) is 12.3 Å². The quantitative estimate of drug-likeness (QED) is 0.712. The summed E-state index contributed by atoms with van der Waals surface area (Å²) in [6.07, 6.45) is 2.35. The number of sulfone groups is 1. The van der Waals surface area contributed by atoms with Gasteiger partial charge in [0.25, 0.3) is 0 Å². The minimum Gasteiger partial charge on any atom is -0.392 e. The molecule has 0 aliphatic carbocycles. The summed E-state index contributed by atoms with van der Waals surface area (Å²) >= 11 is 0. The number of hydrogen-bond acceptors (Lipinski definition) is 4. The van der Waals surface area contributed by atoms with Crippen LogP contribution in [0.5, 0.6) is 0 Å². The van der Waals surface area contributed by atoms with Crippen molar-refractivity contribution in [1.82, 2.24) is 0 Å². The second-order valence-electron chi connectivity index (χ2n) is 4.89. The number of unbranched alkanes of at least 4 members (excludes halogenated alkanes) is 2. The zero-order chi connectivity index (χ0) is 14.3. The molecule has 0 amide bonds. The lowest BCUT2D eigenvalue weighted by molar-refractivity contribution is 0.183. The van der Waals surface area contributed by atoms with Crippen LogP contribution in [-0.2, 0) is 9.84 Å². The van der Waals surface area contributed by atoms with E-state index in [2.05, 4.69) is 0 Å². The topological polar surface area (TPSA) is 80.4 Å². The summed E-state index contributed by atoms with van der Waals surface area (Å²) in [4.78, 5) is 0.277. The van der Waals surface area contributed by atoms with E-state index < -0.39 is 15.9 Å². The maximum absolute atomic E-state index is 12.1. The van der Waals surface area contributed by atoms with Gasteiger partial charge in [-0.15, -0.1) is 0 Å². The Bertz CT molecular complexity index is 468. The van der Waals surface area contributed by atoms with Crippen molar-refractivity contribution in [3.63, 3.8) is 0 Å². The molecule has 0 spiro atoms. The number of rotatable bonds is 8. The monoisotopic (exact) mass is 285 g/mol. The molecule has 1 rings (SSSR count). The highest BCUT2D eigenvalue weighted by Gasteiger charge is 2.19. The van der Waals surface area contributed by atoms with E-state index in [9.17, 15) is 13.5 Å². The van der Waals surface area contributed by atoms with Crippen molar-refractivity contribution in [3.8, 4) is 0 Å². The van der Waals surface area contributed by atoms with Gasteiger partial charge in [0.1, 0.15) is 0 Å². The van der Waals surface area contributed by atoms with Crippen molar-refractivity contribution in [2.45, 2.75) is 43.6 Å². The number of benzene rings is 1. The molecule has 1 unspecified atom stereocenters. The van der Waals surface area contributed by atoms with Crippen LogP contribution in [0.2, 0.25) is 0 Å². The first-order valence-electron chi connectivity index (χ1n) is 6.63. The average molecular weight is 285 g/mol. The predicted molar refractivity (Wildman–Crippen MR) is 76.8 cm³/mol. The van der Waals surface area contributed by atoms with E-state index in [1.165, 1.54) is 0 Å². The third kappa shape index (κ3) is 5.72. The molecule has 4 nitrogen and oxygen atoms in total. The van der Waals surface area contributed by atoms with Crippen LogP contribution in [0, 0.1) is 6.92 Å². The van der Waals surface area contributed by atoms with Crippen LogP contribution in [0.25, 0.3) is 0 Å². The van der Waals surface area contributed by atoms with Gasteiger partial charge in [0.15, 0.2) is 9.84 Å². The fourth-order valence-corrected chi connectivity index (χ4v) is 3.30. The molecule has 19 heavy (non-hydrogen) atoms. The second kappa shape index (κ2) is 7.62. The van der Waals surface area contributed by atoms with Crippen molar-refractivity contribution in [3.05, 3.63) is 29.8 Å². The summed E-state index contributed by atoms with van der Waals surface area (Å²) in [5, 5.41) is 9.79. The van der Waals surface area contributed by atoms with E-state index in [1.807, 2.05) is 6.92 Å². The third-order valence-corrected chi connectivity index (χ3v) is 4.85. The predicted octanol–water partition coefficient (Wildman–Crippen LogP) is 1.65. The molecule has 3 N–H and O–H groups in total. The SMILES string of the molecule is Cc1ccc(S(=O)(=O)CC(O)CCCCCN)cc1. The number of nitrogens with two attached hydrogens (primary N) is 1. The summed E-state index contributed by atoms with van der Waals surface area (Å²) < 4.78 is 24.1. The van der Waals surface area contributed by atoms with Gasteiger partial charge in [0.05, 0.1) is 16.8 Å². The summed E-state index contributed by atoms with van der Waals surface area (Å²) in [6.45, 7) is 2.54. The first-order chi connectivity index (χ1) is 8.95. The fourth-order valence-electron chi connectivity index (χ4n) is 1.88. The minimum absolute atomic E-state index is 0.210. The van der Waals surface area contributed by atoms with Gasteiger partial charge in [-0.05, 0) is 38.4 Å². The van der Waals surface area contributed by atoms with Crippen molar-refractivity contribution < 1.29 is 13.5 Å². The third-order valence-electron chi connectivity index (χ3n) is 3.03. The van der Waals surface area contributed by atoms with Gasteiger partial charge in [0.2, 0.25) is 0 Å². The van der Waals surface area contributed by atoms with E-state index in [4.69, 9.17) is 5.73 Å². The van der Waals surface area contributed by atoms with E-state index in [0.29, 0.717) is 13.0 Å². The number of hydrogen-bond donors (Lipinski definition) is 2. The molecule has 108 valence electrons. The molecule has 0 bridgehead atoms. The van der Waals surface area contributed by atoms with E-state index >= 15 is 0 Å². The van der Waals surface area contributed by atoms with Gasteiger partial charge in [-0.3, -0.25) is 0 Å². The van der Waals surface area contributed by atoms with Crippen LogP contribution in [0.15, 0.2) is 29.2 Å². The first kappa shape index (κ1) is 16.1. The van der Waals surface area contributed by atoms with Gasteiger partial charge in [-0.1, -0.05) is 30.5 Å². The molecule has 0 aliphatic rings. The lowest BCUT2D eigenvalue weighted by atomic mass is 10.1. The standard InChI is InChI=1S/C14H23NO3S/c1-12-6-8-14(9-7-12)19(17,18)11-13(16)5-3-2-4-10-15/h6-9,13,16H,2-5,10-11,15H2,1H3. The van der Waals surface area contributed by atoms with Gasteiger partial charge in [0, 0.05) is 0 Å². The van der Waals surface area contributed by atoms with Gasteiger partial charge in [-0.2, -0.15) is 0 Å². The molecule has 0 aliphatic heterocycles. The lowest BCUT2D eigenvalue weighted by Gasteiger charge is -2.11. The Morgan fingerprint density at radius 2 is 1.79 bits per heavy atom. The Hall–Kier alpha value is -0.910. The zero-order valence-corrected chi connectivity index (χ0v) is 12.2. The smallest absolute Gasteiger partial charge is 0.180 e. The molecule has 0 saturated heterocycles. The van der Waals surface area contributed by atoms with Crippen molar-refractivity contribution in [1.29, 1.82) is 0 Å².